The van der Waals surface area contributed by atoms with Crippen LogP contribution in [0.25, 0.3) is 0 Å². The van der Waals surface area contributed by atoms with Crippen LogP contribution in [0.2, 0.25) is 0 Å². The topological polar surface area (TPSA) is 118 Å². The fraction of sp³-hybridized carbons (Fsp3) is 0.591. The zero-order valence-corrected chi connectivity index (χ0v) is 20.8. The minimum absolute atomic E-state index is 0.0477. The predicted molar refractivity (Wildman–Crippen MR) is 122 cm³/mol. The van der Waals surface area contributed by atoms with Crippen LogP contribution in [0, 0.1) is 19.8 Å². The molecule has 1 N–H and O–H groups in total. The second-order valence-electron chi connectivity index (χ2n) is 8.94. The van der Waals surface area contributed by atoms with Gasteiger partial charge in [0.25, 0.3) is 5.91 Å². The van der Waals surface area contributed by atoms with Crippen molar-refractivity contribution in [3.05, 3.63) is 35.5 Å². The van der Waals surface area contributed by atoms with E-state index in [-0.39, 0.29) is 54.7 Å². The van der Waals surface area contributed by atoms with Crippen LogP contribution in [0.5, 0.6) is 0 Å². The number of carbonyl (C=O) groups excluding carboxylic acids is 2. The molecule has 0 spiro atoms. The average molecular weight is 480 g/mol. The molecule has 11 heteroatoms. The summed E-state index contributed by atoms with van der Waals surface area (Å²) >= 11 is 0. The SMILES string of the molecule is Cc1nn(C(C)C)c(C)c1S(=O)(=O)N1CCN(C(=O)[C@H](NC(=O)c2ccco2)C(C)C)CC1. The van der Waals surface area contributed by atoms with E-state index in [1.165, 1.54) is 16.6 Å². The Balaban J connectivity index is 1.70. The quantitative estimate of drug-likeness (QED) is 0.649. The van der Waals surface area contributed by atoms with E-state index in [4.69, 9.17) is 4.42 Å². The highest BCUT2D eigenvalue weighted by Crippen LogP contribution is 2.26. The second kappa shape index (κ2) is 9.68. The first-order valence-electron chi connectivity index (χ1n) is 11.1. The van der Waals surface area contributed by atoms with Gasteiger partial charge in [-0.15, -0.1) is 0 Å². The van der Waals surface area contributed by atoms with Gasteiger partial charge in [0.1, 0.15) is 10.9 Å². The van der Waals surface area contributed by atoms with E-state index in [1.54, 1.807) is 29.5 Å². The van der Waals surface area contributed by atoms with Crippen molar-refractivity contribution in [3.8, 4) is 0 Å². The molecule has 1 saturated heterocycles. The molecule has 2 aromatic rings. The van der Waals surface area contributed by atoms with E-state index in [0.29, 0.717) is 11.4 Å². The minimum atomic E-state index is -3.74. The van der Waals surface area contributed by atoms with Gasteiger partial charge in [-0.25, -0.2) is 8.42 Å². The van der Waals surface area contributed by atoms with Crippen molar-refractivity contribution < 1.29 is 22.4 Å². The fourth-order valence-electron chi connectivity index (χ4n) is 4.13. The van der Waals surface area contributed by atoms with Crippen molar-refractivity contribution in [2.75, 3.05) is 26.2 Å². The van der Waals surface area contributed by atoms with Crippen molar-refractivity contribution in [1.82, 2.24) is 24.3 Å². The highest BCUT2D eigenvalue weighted by atomic mass is 32.2. The van der Waals surface area contributed by atoms with Crippen LogP contribution in [0.1, 0.15) is 55.7 Å². The van der Waals surface area contributed by atoms with Crippen LogP contribution in [-0.4, -0.2) is 71.4 Å². The van der Waals surface area contributed by atoms with E-state index in [0.717, 1.165) is 0 Å². The Labute approximate surface area is 195 Å². The first kappa shape index (κ1) is 25.0. The van der Waals surface area contributed by atoms with Gasteiger partial charge in [0.05, 0.1) is 17.7 Å². The zero-order chi connectivity index (χ0) is 24.5. The molecule has 0 aliphatic carbocycles. The van der Waals surface area contributed by atoms with Gasteiger partial charge >= 0.3 is 0 Å². The van der Waals surface area contributed by atoms with Crippen LogP contribution in [-0.2, 0) is 14.8 Å². The van der Waals surface area contributed by atoms with Crippen LogP contribution in [0.15, 0.2) is 27.7 Å². The van der Waals surface area contributed by atoms with Crippen LogP contribution < -0.4 is 5.32 Å². The molecule has 1 atom stereocenters. The maximum Gasteiger partial charge on any atom is 0.287 e. The lowest BCUT2D eigenvalue weighted by atomic mass is 10.0. The standard InChI is InChI=1S/C22H33N5O5S/c1-14(2)19(23-21(28)18-8-7-13-32-18)22(29)25-9-11-26(12-10-25)33(30,31)20-16(5)24-27(15(3)4)17(20)6/h7-8,13-15,19H,9-12H2,1-6H3,(H,23,28)/t19-/m1/s1. The number of rotatable bonds is 7. The van der Waals surface area contributed by atoms with Crippen LogP contribution in [0.4, 0.5) is 0 Å². The maximum absolute atomic E-state index is 13.4. The number of amides is 2. The number of aromatic nitrogens is 2. The molecule has 33 heavy (non-hydrogen) atoms. The molecule has 3 heterocycles. The summed E-state index contributed by atoms with van der Waals surface area (Å²) in [5.41, 5.74) is 1.08. The lowest BCUT2D eigenvalue weighted by molar-refractivity contribution is -0.135. The lowest BCUT2D eigenvalue weighted by Gasteiger charge is -2.36. The maximum atomic E-state index is 13.4. The smallest absolute Gasteiger partial charge is 0.287 e. The largest absolute Gasteiger partial charge is 0.459 e. The summed E-state index contributed by atoms with van der Waals surface area (Å²) in [5, 5.41) is 7.15. The molecule has 2 amide bonds. The van der Waals surface area contributed by atoms with E-state index in [9.17, 15) is 18.0 Å². The summed E-state index contributed by atoms with van der Waals surface area (Å²) in [5.74, 6) is -0.703. The first-order valence-corrected chi connectivity index (χ1v) is 12.6. The molecule has 0 saturated carbocycles. The Hall–Kier alpha value is -2.66. The van der Waals surface area contributed by atoms with E-state index < -0.39 is 22.0 Å². The molecule has 1 aliphatic heterocycles. The van der Waals surface area contributed by atoms with Crippen LogP contribution >= 0.6 is 0 Å². The highest BCUT2D eigenvalue weighted by Gasteiger charge is 2.36. The molecule has 182 valence electrons. The zero-order valence-electron chi connectivity index (χ0n) is 20.0. The molecule has 1 fully saturated rings. The number of sulfonamides is 1. The van der Waals surface area contributed by atoms with E-state index in [2.05, 4.69) is 10.4 Å². The Morgan fingerprint density at radius 2 is 1.73 bits per heavy atom. The van der Waals surface area contributed by atoms with Gasteiger partial charge in [-0.05, 0) is 45.7 Å². The van der Waals surface area contributed by atoms with Crippen molar-refractivity contribution in [3.63, 3.8) is 0 Å². The molecular formula is C22H33N5O5S. The molecule has 0 bridgehead atoms. The first-order chi connectivity index (χ1) is 15.4. The molecule has 10 nitrogen and oxygen atoms in total. The Bertz CT molecular complexity index is 1100. The molecule has 0 unspecified atom stereocenters. The number of nitrogens with one attached hydrogen (secondary N) is 1. The van der Waals surface area contributed by atoms with Crippen molar-refractivity contribution in [1.29, 1.82) is 0 Å². The summed E-state index contributed by atoms with van der Waals surface area (Å²) in [6.45, 7) is 11.9. The number of hydrogen-bond donors (Lipinski definition) is 1. The lowest BCUT2D eigenvalue weighted by Crippen LogP contribution is -2.57. The van der Waals surface area contributed by atoms with Gasteiger partial charge in [0, 0.05) is 32.2 Å². The Kier molecular flexibility index (Phi) is 7.32. The van der Waals surface area contributed by atoms with Gasteiger partial charge in [0.15, 0.2) is 5.76 Å². The third-order valence-corrected chi connectivity index (χ3v) is 8.01. The normalized spacial score (nSPS) is 16.4. The molecule has 1 aliphatic rings. The average Bonchev–Trinajstić information content (AvgIpc) is 3.39. The van der Waals surface area contributed by atoms with Crippen molar-refractivity contribution >= 4 is 21.8 Å². The van der Waals surface area contributed by atoms with E-state index >= 15 is 0 Å². The van der Waals surface area contributed by atoms with Crippen LogP contribution in [0.3, 0.4) is 0 Å². The fourth-order valence-corrected chi connectivity index (χ4v) is 5.92. The third-order valence-electron chi connectivity index (χ3n) is 5.86. The van der Waals surface area contributed by atoms with Gasteiger partial charge in [-0.3, -0.25) is 14.3 Å². The molecular weight excluding hydrogens is 446 g/mol. The number of hydrogen-bond acceptors (Lipinski definition) is 6. The minimum Gasteiger partial charge on any atom is -0.459 e. The number of piperazine rings is 1. The second-order valence-corrected chi connectivity index (χ2v) is 10.8. The summed E-state index contributed by atoms with van der Waals surface area (Å²) in [6.07, 6.45) is 1.40. The van der Waals surface area contributed by atoms with E-state index in [1.807, 2.05) is 27.7 Å². The number of carbonyl (C=O) groups is 2. The summed E-state index contributed by atoms with van der Waals surface area (Å²) in [7, 11) is -3.74. The van der Waals surface area contributed by atoms with Crippen molar-refractivity contribution in [2.45, 2.75) is 58.5 Å². The van der Waals surface area contributed by atoms with Gasteiger partial charge in [0.2, 0.25) is 15.9 Å². The summed E-state index contributed by atoms with van der Waals surface area (Å²) < 4.78 is 35.0. The third kappa shape index (κ3) is 4.98. The summed E-state index contributed by atoms with van der Waals surface area (Å²) in [6, 6.07) is 2.45. The Morgan fingerprint density at radius 1 is 1.09 bits per heavy atom. The van der Waals surface area contributed by atoms with Gasteiger partial charge < -0.3 is 14.6 Å². The monoisotopic (exact) mass is 479 g/mol. The number of aryl methyl sites for hydroxylation is 1. The molecule has 3 rings (SSSR count). The Morgan fingerprint density at radius 3 is 2.21 bits per heavy atom. The molecule has 2 aromatic heterocycles. The number of furan rings is 1. The van der Waals surface area contributed by atoms with Gasteiger partial charge in [-0.1, -0.05) is 13.8 Å². The summed E-state index contributed by atoms with van der Waals surface area (Å²) in [4.78, 5) is 27.4. The predicted octanol–water partition coefficient (Wildman–Crippen LogP) is 1.96. The number of nitrogens with zero attached hydrogens (tertiary/aromatic N) is 4. The molecule has 0 radical (unpaired) electrons. The highest BCUT2D eigenvalue weighted by molar-refractivity contribution is 7.89. The molecule has 0 aromatic carbocycles. The van der Waals surface area contributed by atoms with Gasteiger partial charge in [-0.2, -0.15) is 9.40 Å². The van der Waals surface area contributed by atoms with Crippen molar-refractivity contribution in [2.24, 2.45) is 5.92 Å².